The SMILES string of the molecule is [NH3+]C[C@@H](c1ccccc1F)S(=O)(=O)c1cccs1. The van der Waals surface area contributed by atoms with Gasteiger partial charge in [-0.25, -0.2) is 12.8 Å². The van der Waals surface area contributed by atoms with Gasteiger partial charge in [0.1, 0.15) is 15.3 Å². The summed E-state index contributed by atoms with van der Waals surface area (Å²) in [5.41, 5.74) is 3.82. The van der Waals surface area contributed by atoms with Gasteiger partial charge in [0.05, 0.1) is 6.54 Å². The van der Waals surface area contributed by atoms with Gasteiger partial charge in [-0.3, -0.25) is 0 Å². The van der Waals surface area contributed by atoms with E-state index in [1.165, 1.54) is 24.3 Å². The second-order valence-electron chi connectivity index (χ2n) is 3.78. The molecule has 6 heteroatoms. The summed E-state index contributed by atoms with van der Waals surface area (Å²) in [6.07, 6.45) is 0. The molecule has 0 aliphatic rings. The molecule has 0 fully saturated rings. The minimum absolute atomic E-state index is 0.0984. The first kappa shape index (κ1) is 13.2. The van der Waals surface area contributed by atoms with Crippen LogP contribution >= 0.6 is 11.3 Å². The van der Waals surface area contributed by atoms with Gasteiger partial charge in [0.15, 0.2) is 9.84 Å². The van der Waals surface area contributed by atoms with Crippen molar-refractivity contribution in [2.75, 3.05) is 6.54 Å². The minimum Gasteiger partial charge on any atom is -0.356 e. The molecule has 0 aliphatic carbocycles. The Bertz CT molecular complexity index is 623. The minimum atomic E-state index is -3.57. The molecule has 0 aliphatic heterocycles. The zero-order valence-corrected chi connectivity index (χ0v) is 11.2. The molecule has 1 heterocycles. The normalized spacial score (nSPS) is 13.4. The van der Waals surface area contributed by atoms with Crippen molar-refractivity contribution in [3.05, 3.63) is 53.2 Å². The molecule has 3 nitrogen and oxygen atoms in total. The molecule has 0 radical (unpaired) electrons. The van der Waals surface area contributed by atoms with Crippen LogP contribution in [0.2, 0.25) is 0 Å². The second kappa shape index (κ2) is 5.17. The molecule has 18 heavy (non-hydrogen) atoms. The van der Waals surface area contributed by atoms with Gasteiger partial charge >= 0.3 is 0 Å². The van der Waals surface area contributed by atoms with Gasteiger partial charge in [0.25, 0.3) is 0 Å². The van der Waals surface area contributed by atoms with E-state index in [9.17, 15) is 12.8 Å². The fourth-order valence-corrected chi connectivity index (χ4v) is 4.66. The Hall–Kier alpha value is -1.24. The average Bonchev–Trinajstić information content (AvgIpc) is 2.86. The topological polar surface area (TPSA) is 61.8 Å². The van der Waals surface area contributed by atoms with Crippen LogP contribution in [-0.2, 0) is 9.84 Å². The molecule has 3 N–H and O–H groups in total. The largest absolute Gasteiger partial charge is 0.356 e. The third kappa shape index (κ3) is 2.31. The molecule has 96 valence electrons. The summed E-state index contributed by atoms with van der Waals surface area (Å²) >= 11 is 1.14. The number of rotatable bonds is 4. The number of hydrogen-bond donors (Lipinski definition) is 1. The van der Waals surface area contributed by atoms with Crippen molar-refractivity contribution in [3.63, 3.8) is 0 Å². The molecular formula is C12H13FNO2S2+. The Kier molecular flexibility index (Phi) is 3.79. The molecule has 0 unspecified atom stereocenters. The van der Waals surface area contributed by atoms with Crippen LogP contribution in [0.5, 0.6) is 0 Å². The van der Waals surface area contributed by atoms with Crippen LogP contribution in [-0.4, -0.2) is 15.0 Å². The van der Waals surface area contributed by atoms with Crippen molar-refractivity contribution in [2.45, 2.75) is 9.46 Å². The van der Waals surface area contributed by atoms with Crippen molar-refractivity contribution < 1.29 is 18.5 Å². The standard InChI is InChI=1S/C12H12FNO2S2/c13-10-5-2-1-4-9(10)11(8-14)18(15,16)12-6-3-7-17-12/h1-7,11H,8,14H2/p+1/t11-/m0/s1. The molecule has 0 saturated carbocycles. The fourth-order valence-electron chi connectivity index (χ4n) is 1.78. The highest BCUT2D eigenvalue weighted by atomic mass is 32.2. The number of thiophene rings is 1. The lowest BCUT2D eigenvalue weighted by molar-refractivity contribution is -0.367. The van der Waals surface area contributed by atoms with Crippen molar-refractivity contribution in [2.24, 2.45) is 0 Å². The molecule has 2 rings (SSSR count). The van der Waals surface area contributed by atoms with Gasteiger partial charge in [0.2, 0.25) is 0 Å². The van der Waals surface area contributed by atoms with E-state index in [1.54, 1.807) is 17.5 Å². The van der Waals surface area contributed by atoms with Gasteiger partial charge in [-0.2, -0.15) is 0 Å². The maximum atomic E-state index is 13.7. The summed E-state index contributed by atoms with van der Waals surface area (Å²) in [7, 11) is -3.57. The zero-order chi connectivity index (χ0) is 13.2. The van der Waals surface area contributed by atoms with E-state index in [2.05, 4.69) is 5.73 Å². The van der Waals surface area contributed by atoms with Crippen LogP contribution in [0.25, 0.3) is 0 Å². The summed E-state index contributed by atoms with van der Waals surface area (Å²) < 4.78 is 38.7. The Labute approximate surface area is 109 Å². The van der Waals surface area contributed by atoms with E-state index in [0.717, 1.165) is 11.3 Å². The lowest BCUT2D eigenvalue weighted by atomic mass is 10.1. The second-order valence-corrected chi connectivity index (χ2v) is 7.08. The van der Waals surface area contributed by atoms with E-state index in [-0.39, 0.29) is 16.3 Å². The van der Waals surface area contributed by atoms with Crippen molar-refractivity contribution in [3.8, 4) is 0 Å². The van der Waals surface area contributed by atoms with Crippen LogP contribution in [0.1, 0.15) is 10.8 Å². The quantitative estimate of drug-likeness (QED) is 0.929. The van der Waals surface area contributed by atoms with E-state index in [4.69, 9.17) is 0 Å². The summed E-state index contributed by atoms with van der Waals surface area (Å²) in [4.78, 5) is 0. The molecule has 1 aromatic carbocycles. The first-order valence-electron chi connectivity index (χ1n) is 5.38. The Morgan fingerprint density at radius 2 is 1.94 bits per heavy atom. The molecule has 2 aromatic rings. The Morgan fingerprint density at radius 1 is 1.22 bits per heavy atom. The fraction of sp³-hybridized carbons (Fsp3) is 0.167. The summed E-state index contributed by atoms with van der Waals surface area (Å²) in [5.74, 6) is -0.508. The molecule has 0 amide bonds. The average molecular weight is 286 g/mol. The van der Waals surface area contributed by atoms with E-state index >= 15 is 0 Å². The monoisotopic (exact) mass is 286 g/mol. The highest BCUT2D eigenvalue weighted by Gasteiger charge is 2.32. The molecule has 1 aromatic heterocycles. The highest BCUT2D eigenvalue weighted by molar-refractivity contribution is 7.93. The van der Waals surface area contributed by atoms with Crippen LogP contribution < -0.4 is 5.73 Å². The molecule has 0 bridgehead atoms. The first-order chi connectivity index (χ1) is 8.57. The molecule has 0 spiro atoms. The lowest BCUT2D eigenvalue weighted by Crippen LogP contribution is -2.54. The third-order valence-corrected chi connectivity index (χ3v) is 6.25. The number of quaternary nitrogens is 1. The Balaban J connectivity index is 2.51. The van der Waals surface area contributed by atoms with Gasteiger partial charge in [0, 0.05) is 5.56 Å². The number of benzene rings is 1. The summed E-state index contributed by atoms with van der Waals surface area (Å²) in [6, 6.07) is 9.13. The van der Waals surface area contributed by atoms with Crippen LogP contribution in [0.15, 0.2) is 46.0 Å². The van der Waals surface area contributed by atoms with Gasteiger partial charge in [-0.1, -0.05) is 24.3 Å². The van der Waals surface area contributed by atoms with E-state index in [0.29, 0.717) is 0 Å². The molecular weight excluding hydrogens is 273 g/mol. The smallest absolute Gasteiger partial charge is 0.200 e. The number of sulfone groups is 1. The number of hydrogen-bond acceptors (Lipinski definition) is 3. The maximum absolute atomic E-state index is 13.7. The summed E-state index contributed by atoms with van der Waals surface area (Å²) in [5, 5.41) is 0.756. The van der Waals surface area contributed by atoms with Gasteiger partial charge < -0.3 is 5.73 Å². The lowest BCUT2D eigenvalue weighted by Gasteiger charge is -2.14. The maximum Gasteiger partial charge on any atom is 0.200 e. The first-order valence-corrected chi connectivity index (χ1v) is 7.81. The van der Waals surface area contributed by atoms with E-state index in [1.807, 2.05) is 0 Å². The predicted molar refractivity (Wildman–Crippen MR) is 68.4 cm³/mol. The van der Waals surface area contributed by atoms with Crippen molar-refractivity contribution in [1.82, 2.24) is 0 Å². The Morgan fingerprint density at radius 3 is 2.50 bits per heavy atom. The van der Waals surface area contributed by atoms with Gasteiger partial charge in [-0.05, 0) is 17.5 Å². The predicted octanol–water partition coefficient (Wildman–Crippen LogP) is 1.64. The summed E-state index contributed by atoms with van der Waals surface area (Å²) in [6.45, 7) is 0.0984. The van der Waals surface area contributed by atoms with Crippen LogP contribution in [0.3, 0.4) is 0 Å². The molecule has 0 saturated heterocycles. The van der Waals surface area contributed by atoms with Gasteiger partial charge in [-0.15, -0.1) is 11.3 Å². The van der Waals surface area contributed by atoms with Crippen LogP contribution in [0.4, 0.5) is 4.39 Å². The third-order valence-electron chi connectivity index (χ3n) is 2.66. The zero-order valence-electron chi connectivity index (χ0n) is 9.54. The van der Waals surface area contributed by atoms with E-state index < -0.39 is 20.9 Å². The molecule has 1 atom stereocenters. The highest BCUT2D eigenvalue weighted by Crippen LogP contribution is 2.31. The van der Waals surface area contributed by atoms with Crippen molar-refractivity contribution >= 4 is 21.2 Å². The van der Waals surface area contributed by atoms with Crippen molar-refractivity contribution in [1.29, 1.82) is 0 Å². The number of halogens is 1. The van der Waals surface area contributed by atoms with Crippen LogP contribution in [0, 0.1) is 5.82 Å².